The van der Waals surface area contributed by atoms with Crippen molar-refractivity contribution in [3.05, 3.63) is 0 Å². The molecule has 0 bridgehead atoms. The van der Waals surface area contributed by atoms with Crippen LogP contribution in [0.25, 0.3) is 0 Å². The molecule has 0 saturated carbocycles. The van der Waals surface area contributed by atoms with Crippen molar-refractivity contribution in [1.29, 1.82) is 0 Å². The van der Waals surface area contributed by atoms with E-state index in [0.29, 0.717) is 13.2 Å². The van der Waals surface area contributed by atoms with Crippen molar-refractivity contribution in [3.63, 3.8) is 0 Å². The fourth-order valence-electron chi connectivity index (χ4n) is 1.04. The molecule has 0 rings (SSSR count). The van der Waals surface area contributed by atoms with Crippen LogP contribution in [-0.2, 0) is 9.53 Å². The van der Waals surface area contributed by atoms with Gasteiger partial charge in [0.1, 0.15) is 0 Å². The van der Waals surface area contributed by atoms with Gasteiger partial charge in [-0.3, -0.25) is 10.1 Å². The van der Waals surface area contributed by atoms with Crippen LogP contribution in [0.3, 0.4) is 0 Å². The second-order valence-electron chi connectivity index (χ2n) is 3.20. The number of carbonyl (C=O) groups excluding carboxylic acids is 1. The van der Waals surface area contributed by atoms with Gasteiger partial charge in [0.25, 0.3) is 0 Å². The number of rotatable bonds is 8. The molecule has 1 unspecified atom stereocenters. The van der Waals surface area contributed by atoms with Crippen LogP contribution in [0.15, 0.2) is 0 Å². The minimum absolute atomic E-state index is 0.0188. The predicted molar refractivity (Wildman–Crippen MR) is 60.4 cm³/mol. The molecule has 1 atom stereocenters. The van der Waals surface area contributed by atoms with E-state index in [9.17, 15) is 4.79 Å². The fraction of sp³-hybridized carbons (Fsp3) is 0.727. The van der Waals surface area contributed by atoms with E-state index in [1.807, 2.05) is 6.92 Å². The molecule has 0 aliphatic rings. The van der Waals surface area contributed by atoms with Gasteiger partial charge in [-0.2, -0.15) is 0 Å². The highest BCUT2D eigenvalue weighted by Crippen LogP contribution is 1.86. The van der Waals surface area contributed by atoms with Gasteiger partial charge < -0.3 is 10.1 Å². The maximum Gasteiger partial charge on any atom is 0.233 e. The Kier molecular flexibility index (Phi) is 8.84. The van der Waals surface area contributed by atoms with E-state index >= 15 is 0 Å². The van der Waals surface area contributed by atoms with Gasteiger partial charge in [-0.05, 0) is 12.8 Å². The van der Waals surface area contributed by atoms with Crippen LogP contribution in [0.4, 0.5) is 0 Å². The predicted octanol–water partition coefficient (Wildman–Crippen LogP) is 0.141. The van der Waals surface area contributed by atoms with E-state index in [1.54, 1.807) is 7.11 Å². The van der Waals surface area contributed by atoms with Crippen LogP contribution in [0.1, 0.15) is 19.8 Å². The fourth-order valence-corrected chi connectivity index (χ4v) is 1.04. The molecule has 0 radical (unpaired) electrons. The summed E-state index contributed by atoms with van der Waals surface area (Å²) in [6.45, 7) is 3.56. The topological polar surface area (TPSA) is 50.4 Å². The lowest BCUT2D eigenvalue weighted by Crippen LogP contribution is -2.38. The van der Waals surface area contributed by atoms with Gasteiger partial charge in [0.15, 0.2) is 0 Å². The molecule has 0 aromatic carbocycles. The highest BCUT2D eigenvalue weighted by atomic mass is 16.5. The number of ether oxygens (including phenoxy) is 1. The molecule has 0 aromatic heterocycles. The summed E-state index contributed by atoms with van der Waals surface area (Å²) in [4.78, 5) is 11.3. The summed E-state index contributed by atoms with van der Waals surface area (Å²) in [5.74, 6) is 2.54. The molecule has 4 nitrogen and oxygen atoms in total. The highest BCUT2D eigenvalue weighted by Gasteiger charge is 2.04. The van der Waals surface area contributed by atoms with Crippen LogP contribution < -0.4 is 10.6 Å². The standard InChI is InChI=1S/C11H20N2O2/c1-4-10(5-2)13-9-11(14)12-7-6-8-15-3/h1,10,13H,5-9H2,2-3H3,(H,12,14). The zero-order chi connectivity index (χ0) is 11.5. The van der Waals surface area contributed by atoms with E-state index < -0.39 is 0 Å². The Hall–Kier alpha value is -1.05. The van der Waals surface area contributed by atoms with Gasteiger partial charge >= 0.3 is 0 Å². The molecule has 0 saturated heterocycles. The molecule has 1 amide bonds. The van der Waals surface area contributed by atoms with Crippen LogP contribution in [0, 0.1) is 12.3 Å². The van der Waals surface area contributed by atoms with Gasteiger partial charge in [-0.15, -0.1) is 6.42 Å². The Morgan fingerprint density at radius 1 is 1.60 bits per heavy atom. The first-order valence-corrected chi connectivity index (χ1v) is 5.19. The molecular formula is C11H20N2O2. The van der Waals surface area contributed by atoms with E-state index in [0.717, 1.165) is 12.8 Å². The Morgan fingerprint density at radius 2 is 2.33 bits per heavy atom. The summed E-state index contributed by atoms with van der Waals surface area (Å²) >= 11 is 0. The van der Waals surface area contributed by atoms with Crippen molar-refractivity contribution in [3.8, 4) is 12.3 Å². The molecule has 0 aromatic rings. The van der Waals surface area contributed by atoms with Gasteiger partial charge in [-0.25, -0.2) is 0 Å². The summed E-state index contributed by atoms with van der Waals surface area (Å²) in [5, 5.41) is 5.75. The van der Waals surface area contributed by atoms with Gasteiger partial charge in [0.2, 0.25) is 5.91 Å². The SMILES string of the molecule is C#CC(CC)NCC(=O)NCCCOC. The summed E-state index contributed by atoms with van der Waals surface area (Å²) in [5.41, 5.74) is 0. The van der Waals surface area contributed by atoms with Crippen LogP contribution in [0.2, 0.25) is 0 Å². The van der Waals surface area contributed by atoms with E-state index in [-0.39, 0.29) is 18.5 Å². The molecule has 86 valence electrons. The van der Waals surface area contributed by atoms with Crippen molar-refractivity contribution in [2.75, 3.05) is 26.8 Å². The summed E-state index contributed by atoms with van der Waals surface area (Å²) < 4.78 is 4.86. The Labute approximate surface area is 91.8 Å². The molecule has 0 heterocycles. The zero-order valence-corrected chi connectivity index (χ0v) is 9.51. The third kappa shape index (κ3) is 7.98. The lowest BCUT2D eigenvalue weighted by Gasteiger charge is -2.10. The molecule has 0 spiro atoms. The summed E-state index contributed by atoms with van der Waals surface area (Å²) in [7, 11) is 1.64. The highest BCUT2D eigenvalue weighted by molar-refractivity contribution is 5.78. The molecule has 0 aliphatic carbocycles. The Balaban J connectivity index is 3.45. The minimum atomic E-state index is -0.0280. The number of amides is 1. The van der Waals surface area contributed by atoms with Gasteiger partial charge in [0.05, 0.1) is 12.6 Å². The number of nitrogens with one attached hydrogen (secondary N) is 2. The number of hydrogen-bond donors (Lipinski definition) is 2. The van der Waals surface area contributed by atoms with Crippen molar-refractivity contribution >= 4 is 5.91 Å². The summed E-state index contributed by atoms with van der Waals surface area (Å²) in [6, 6.07) is -0.0188. The van der Waals surface area contributed by atoms with E-state index in [4.69, 9.17) is 11.2 Å². The number of terminal acetylenes is 1. The van der Waals surface area contributed by atoms with Crippen LogP contribution >= 0.6 is 0 Å². The van der Waals surface area contributed by atoms with E-state index in [1.165, 1.54) is 0 Å². The molecule has 0 fully saturated rings. The molecule has 0 aliphatic heterocycles. The number of hydrogen-bond acceptors (Lipinski definition) is 3. The second kappa shape index (κ2) is 9.50. The number of carbonyl (C=O) groups is 1. The Morgan fingerprint density at radius 3 is 2.87 bits per heavy atom. The third-order valence-electron chi connectivity index (χ3n) is 1.97. The average Bonchev–Trinajstić information content (AvgIpc) is 2.26. The summed E-state index contributed by atoms with van der Waals surface area (Å²) in [6.07, 6.45) is 6.90. The van der Waals surface area contributed by atoms with Crippen molar-refractivity contribution in [2.24, 2.45) is 0 Å². The molecule has 15 heavy (non-hydrogen) atoms. The first kappa shape index (κ1) is 13.9. The molecule has 2 N–H and O–H groups in total. The van der Waals surface area contributed by atoms with Crippen molar-refractivity contribution in [2.45, 2.75) is 25.8 Å². The monoisotopic (exact) mass is 212 g/mol. The smallest absolute Gasteiger partial charge is 0.233 e. The van der Waals surface area contributed by atoms with Crippen LogP contribution in [0.5, 0.6) is 0 Å². The largest absolute Gasteiger partial charge is 0.385 e. The zero-order valence-electron chi connectivity index (χ0n) is 9.51. The number of methoxy groups -OCH3 is 1. The third-order valence-corrected chi connectivity index (χ3v) is 1.97. The van der Waals surface area contributed by atoms with Crippen molar-refractivity contribution < 1.29 is 9.53 Å². The van der Waals surface area contributed by atoms with Gasteiger partial charge in [0, 0.05) is 20.3 Å². The van der Waals surface area contributed by atoms with E-state index in [2.05, 4.69) is 16.6 Å². The maximum absolute atomic E-state index is 11.3. The quantitative estimate of drug-likeness (QED) is 0.444. The van der Waals surface area contributed by atoms with Crippen LogP contribution in [-0.4, -0.2) is 38.8 Å². The Bertz CT molecular complexity index is 211. The minimum Gasteiger partial charge on any atom is -0.385 e. The average molecular weight is 212 g/mol. The molecular weight excluding hydrogens is 192 g/mol. The lowest BCUT2D eigenvalue weighted by atomic mass is 10.2. The molecule has 4 heteroatoms. The second-order valence-corrected chi connectivity index (χ2v) is 3.20. The maximum atomic E-state index is 11.3. The van der Waals surface area contributed by atoms with Crippen molar-refractivity contribution in [1.82, 2.24) is 10.6 Å². The first-order valence-electron chi connectivity index (χ1n) is 5.19. The normalized spacial score (nSPS) is 11.8. The lowest BCUT2D eigenvalue weighted by molar-refractivity contribution is -0.120. The first-order chi connectivity index (χ1) is 7.24. The van der Waals surface area contributed by atoms with Gasteiger partial charge in [-0.1, -0.05) is 12.8 Å².